The molecule has 0 unspecified atom stereocenters. The molecule has 1 heterocycles. The summed E-state index contributed by atoms with van der Waals surface area (Å²) in [5, 5.41) is 9.72. The number of nitrogens with zero attached hydrogens (tertiary/aromatic N) is 3. The molecular weight excluding hydrogens is 358 g/mol. The van der Waals surface area contributed by atoms with Crippen LogP contribution in [0.2, 0.25) is 0 Å². The molecule has 0 aliphatic heterocycles. The topological polar surface area (TPSA) is 49.2 Å². The molecular formula is C21H33N3O2S. The molecule has 0 atom stereocenters. The molecule has 0 aliphatic rings. The van der Waals surface area contributed by atoms with Gasteiger partial charge in [0, 0.05) is 18.9 Å². The van der Waals surface area contributed by atoms with Gasteiger partial charge in [-0.1, -0.05) is 57.7 Å². The van der Waals surface area contributed by atoms with E-state index in [9.17, 15) is 0 Å². The predicted octanol–water partition coefficient (Wildman–Crippen LogP) is 5.06. The van der Waals surface area contributed by atoms with Gasteiger partial charge in [0.15, 0.2) is 11.0 Å². The van der Waals surface area contributed by atoms with E-state index in [1.165, 1.54) is 0 Å². The Kier molecular flexibility index (Phi) is 9.70. The van der Waals surface area contributed by atoms with Crippen molar-refractivity contribution in [3.8, 4) is 5.75 Å². The van der Waals surface area contributed by atoms with Crippen LogP contribution in [0.5, 0.6) is 5.75 Å². The quantitative estimate of drug-likeness (QED) is 0.353. The van der Waals surface area contributed by atoms with E-state index >= 15 is 0 Å². The molecule has 0 fully saturated rings. The Morgan fingerprint density at radius 3 is 2.41 bits per heavy atom. The number of rotatable bonds is 13. The van der Waals surface area contributed by atoms with Crippen molar-refractivity contribution in [2.75, 3.05) is 19.0 Å². The third-order valence-electron chi connectivity index (χ3n) is 4.13. The number of hydrogen-bond acceptors (Lipinski definition) is 5. The lowest BCUT2D eigenvalue weighted by atomic mass is 10.1. The minimum atomic E-state index is 0.431. The Morgan fingerprint density at radius 2 is 1.70 bits per heavy atom. The number of ether oxygens (including phenoxy) is 2. The van der Waals surface area contributed by atoms with E-state index in [1.807, 2.05) is 30.3 Å². The SMILES string of the molecule is CC(C)CCOCCSc1nnc(COc2ccccc2)n1CCC(C)C. The number of benzene rings is 1. The van der Waals surface area contributed by atoms with Gasteiger partial charge in [-0.05, 0) is 36.8 Å². The molecule has 0 aliphatic carbocycles. The number of thioether (sulfide) groups is 1. The zero-order valence-corrected chi connectivity index (χ0v) is 17.9. The third kappa shape index (κ3) is 8.35. The van der Waals surface area contributed by atoms with Crippen LogP contribution in [0, 0.1) is 11.8 Å². The molecule has 2 aromatic rings. The molecule has 0 N–H and O–H groups in total. The van der Waals surface area contributed by atoms with Gasteiger partial charge in [-0.15, -0.1) is 10.2 Å². The van der Waals surface area contributed by atoms with Gasteiger partial charge in [-0.25, -0.2) is 0 Å². The maximum atomic E-state index is 5.88. The molecule has 6 heteroatoms. The smallest absolute Gasteiger partial charge is 0.191 e. The van der Waals surface area contributed by atoms with Crippen LogP contribution in [-0.2, 0) is 17.9 Å². The lowest BCUT2D eigenvalue weighted by Gasteiger charge is -2.12. The molecule has 0 amide bonds. The fraction of sp³-hybridized carbons (Fsp3) is 0.619. The van der Waals surface area contributed by atoms with Crippen LogP contribution in [0.1, 0.15) is 46.4 Å². The summed E-state index contributed by atoms with van der Waals surface area (Å²) in [4.78, 5) is 0. The molecule has 27 heavy (non-hydrogen) atoms. The maximum Gasteiger partial charge on any atom is 0.191 e. The third-order valence-corrected chi connectivity index (χ3v) is 5.06. The van der Waals surface area contributed by atoms with Crippen LogP contribution in [0.4, 0.5) is 0 Å². The molecule has 5 nitrogen and oxygen atoms in total. The standard InChI is InChI=1S/C21H33N3O2S/c1-17(2)10-12-24-20(16-26-19-8-6-5-7-9-19)22-23-21(24)27-15-14-25-13-11-18(3)4/h5-9,17-18H,10-16H2,1-4H3. The first-order valence-electron chi connectivity index (χ1n) is 9.86. The largest absolute Gasteiger partial charge is 0.486 e. The van der Waals surface area contributed by atoms with E-state index in [4.69, 9.17) is 9.47 Å². The van der Waals surface area contributed by atoms with Crippen LogP contribution in [0.3, 0.4) is 0 Å². The summed E-state index contributed by atoms with van der Waals surface area (Å²) in [6.45, 7) is 11.8. The molecule has 2 rings (SSSR count). The van der Waals surface area contributed by atoms with E-state index in [0.29, 0.717) is 18.4 Å². The minimum absolute atomic E-state index is 0.431. The van der Waals surface area contributed by atoms with Crippen molar-refractivity contribution in [1.29, 1.82) is 0 Å². The molecule has 0 saturated heterocycles. The Balaban J connectivity index is 1.89. The van der Waals surface area contributed by atoms with E-state index in [1.54, 1.807) is 11.8 Å². The van der Waals surface area contributed by atoms with Gasteiger partial charge in [-0.2, -0.15) is 0 Å². The molecule has 1 aromatic heterocycles. The van der Waals surface area contributed by atoms with E-state index in [-0.39, 0.29) is 0 Å². The van der Waals surface area contributed by atoms with Crippen molar-refractivity contribution < 1.29 is 9.47 Å². The second-order valence-electron chi connectivity index (χ2n) is 7.48. The minimum Gasteiger partial charge on any atom is -0.486 e. The van der Waals surface area contributed by atoms with Gasteiger partial charge in [0.05, 0.1) is 6.61 Å². The normalized spacial score (nSPS) is 11.5. The van der Waals surface area contributed by atoms with Crippen LogP contribution in [0.25, 0.3) is 0 Å². The summed E-state index contributed by atoms with van der Waals surface area (Å²) in [6.07, 6.45) is 2.20. The van der Waals surface area contributed by atoms with Gasteiger partial charge in [0.25, 0.3) is 0 Å². The summed E-state index contributed by atoms with van der Waals surface area (Å²) < 4.78 is 13.8. The highest BCUT2D eigenvalue weighted by atomic mass is 32.2. The van der Waals surface area contributed by atoms with Crippen LogP contribution in [0.15, 0.2) is 35.5 Å². The van der Waals surface area contributed by atoms with Crippen molar-refractivity contribution in [3.63, 3.8) is 0 Å². The fourth-order valence-electron chi connectivity index (χ4n) is 2.42. The van der Waals surface area contributed by atoms with Gasteiger partial charge in [0.1, 0.15) is 12.4 Å². The average Bonchev–Trinajstić information content (AvgIpc) is 3.03. The van der Waals surface area contributed by atoms with Crippen molar-refractivity contribution in [2.45, 2.75) is 58.8 Å². The molecule has 150 valence electrons. The Morgan fingerprint density at radius 1 is 0.963 bits per heavy atom. The lowest BCUT2D eigenvalue weighted by molar-refractivity contribution is 0.138. The first-order chi connectivity index (χ1) is 13.1. The average molecular weight is 392 g/mol. The monoisotopic (exact) mass is 391 g/mol. The second-order valence-corrected chi connectivity index (χ2v) is 8.54. The molecule has 0 spiro atoms. The molecule has 0 saturated carbocycles. The van der Waals surface area contributed by atoms with Crippen molar-refractivity contribution in [3.05, 3.63) is 36.2 Å². The zero-order chi connectivity index (χ0) is 19.5. The highest BCUT2D eigenvalue weighted by Gasteiger charge is 2.14. The second kappa shape index (κ2) is 12.0. The summed E-state index contributed by atoms with van der Waals surface area (Å²) in [5.74, 6) is 3.93. The molecule has 0 radical (unpaired) electrons. The lowest BCUT2D eigenvalue weighted by Crippen LogP contribution is -2.10. The summed E-state index contributed by atoms with van der Waals surface area (Å²) >= 11 is 1.71. The van der Waals surface area contributed by atoms with E-state index in [0.717, 1.165) is 55.1 Å². The van der Waals surface area contributed by atoms with Crippen molar-refractivity contribution in [1.82, 2.24) is 14.8 Å². The molecule has 1 aromatic carbocycles. The number of hydrogen-bond donors (Lipinski definition) is 0. The Hall–Kier alpha value is -1.53. The maximum absolute atomic E-state index is 5.88. The number of aromatic nitrogens is 3. The Labute approximate surface area is 167 Å². The van der Waals surface area contributed by atoms with Gasteiger partial charge >= 0.3 is 0 Å². The van der Waals surface area contributed by atoms with Crippen LogP contribution >= 0.6 is 11.8 Å². The van der Waals surface area contributed by atoms with Crippen molar-refractivity contribution >= 4 is 11.8 Å². The van der Waals surface area contributed by atoms with Gasteiger partial charge < -0.3 is 14.0 Å². The number of para-hydroxylation sites is 1. The molecule has 0 bridgehead atoms. The first kappa shape index (κ1) is 21.8. The Bertz CT molecular complexity index is 644. The van der Waals surface area contributed by atoms with Crippen molar-refractivity contribution in [2.24, 2.45) is 11.8 Å². The van der Waals surface area contributed by atoms with E-state index in [2.05, 4.69) is 42.5 Å². The summed E-state index contributed by atoms with van der Waals surface area (Å²) in [6, 6.07) is 9.84. The summed E-state index contributed by atoms with van der Waals surface area (Å²) in [7, 11) is 0. The zero-order valence-electron chi connectivity index (χ0n) is 17.1. The highest BCUT2D eigenvalue weighted by Crippen LogP contribution is 2.20. The highest BCUT2D eigenvalue weighted by molar-refractivity contribution is 7.99. The predicted molar refractivity (Wildman–Crippen MR) is 111 cm³/mol. The van der Waals surface area contributed by atoms with Gasteiger partial charge in [0.2, 0.25) is 0 Å². The summed E-state index contributed by atoms with van der Waals surface area (Å²) in [5.41, 5.74) is 0. The van der Waals surface area contributed by atoms with Crippen LogP contribution < -0.4 is 4.74 Å². The fourth-order valence-corrected chi connectivity index (χ4v) is 3.26. The van der Waals surface area contributed by atoms with E-state index < -0.39 is 0 Å². The van der Waals surface area contributed by atoms with Gasteiger partial charge in [-0.3, -0.25) is 0 Å². The first-order valence-corrected chi connectivity index (χ1v) is 10.8. The van der Waals surface area contributed by atoms with Crippen LogP contribution in [-0.4, -0.2) is 33.7 Å².